The zero-order valence-electron chi connectivity index (χ0n) is 10.7. The van der Waals surface area contributed by atoms with Gasteiger partial charge in [-0.1, -0.05) is 48.5 Å². The van der Waals surface area contributed by atoms with Crippen LogP contribution in [0.25, 0.3) is 0 Å². The number of benzene rings is 2. The van der Waals surface area contributed by atoms with E-state index in [1.54, 1.807) is 4.90 Å². The van der Waals surface area contributed by atoms with Crippen molar-refractivity contribution in [2.24, 2.45) is 0 Å². The van der Waals surface area contributed by atoms with Gasteiger partial charge in [-0.05, 0) is 17.7 Å². The van der Waals surface area contributed by atoms with E-state index in [0.29, 0.717) is 0 Å². The van der Waals surface area contributed by atoms with Gasteiger partial charge in [-0.25, -0.2) is 9.59 Å². The Hall–Kier alpha value is -2.62. The van der Waals surface area contributed by atoms with Gasteiger partial charge in [0.05, 0.1) is 0 Å². The van der Waals surface area contributed by atoms with Gasteiger partial charge in [-0.2, -0.15) is 0 Å². The van der Waals surface area contributed by atoms with Crippen LogP contribution in [-0.2, 0) is 14.3 Å². The van der Waals surface area contributed by atoms with Crippen molar-refractivity contribution >= 4 is 17.6 Å². The number of cyclic esters (lactones) is 2. The molecule has 2 aromatic carbocycles. The molecule has 0 aliphatic carbocycles. The van der Waals surface area contributed by atoms with Crippen LogP contribution in [0.5, 0.6) is 0 Å². The molecule has 0 aromatic heterocycles. The molecule has 1 atom stereocenters. The van der Waals surface area contributed by atoms with E-state index < -0.39 is 18.0 Å². The Morgan fingerprint density at radius 3 is 2.15 bits per heavy atom. The lowest BCUT2D eigenvalue weighted by molar-refractivity contribution is -0.163. The summed E-state index contributed by atoms with van der Waals surface area (Å²) < 4.78 is 4.79. The first-order valence-electron chi connectivity index (χ1n) is 6.37. The van der Waals surface area contributed by atoms with E-state index in [1.807, 2.05) is 60.7 Å². The van der Waals surface area contributed by atoms with Crippen molar-refractivity contribution in [1.82, 2.24) is 0 Å². The summed E-state index contributed by atoms with van der Waals surface area (Å²) in [4.78, 5) is 25.4. The van der Waals surface area contributed by atoms with Gasteiger partial charge in [0.25, 0.3) is 0 Å². The molecule has 1 saturated heterocycles. The number of morpholine rings is 1. The third-order valence-electron chi connectivity index (χ3n) is 3.25. The van der Waals surface area contributed by atoms with E-state index in [4.69, 9.17) is 4.74 Å². The fraction of sp³-hybridized carbons (Fsp3) is 0.125. The minimum Gasteiger partial charge on any atom is -0.390 e. The van der Waals surface area contributed by atoms with Crippen LogP contribution in [0.3, 0.4) is 0 Å². The second kappa shape index (κ2) is 5.17. The SMILES string of the molecule is O=C1CN(c2ccccc2)C(c2ccccc2)C(=O)O1. The van der Waals surface area contributed by atoms with Crippen LogP contribution in [0.2, 0.25) is 0 Å². The summed E-state index contributed by atoms with van der Waals surface area (Å²) in [6.45, 7) is 0.0648. The number of ether oxygens (including phenoxy) is 1. The number of anilines is 1. The van der Waals surface area contributed by atoms with Crippen molar-refractivity contribution in [1.29, 1.82) is 0 Å². The molecular formula is C16H13NO3. The number of carbonyl (C=O) groups is 2. The maximum absolute atomic E-state index is 12.1. The van der Waals surface area contributed by atoms with Crippen molar-refractivity contribution in [3.05, 3.63) is 66.2 Å². The minimum absolute atomic E-state index is 0.0648. The zero-order chi connectivity index (χ0) is 13.9. The quantitative estimate of drug-likeness (QED) is 0.619. The topological polar surface area (TPSA) is 46.6 Å². The highest BCUT2D eigenvalue weighted by molar-refractivity contribution is 5.97. The number of hydrogen-bond acceptors (Lipinski definition) is 4. The average molecular weight is 267 g/mol. The van der Waals surface area contributed by atoms with Crippen LogP contribution in [0, 0.1) is 0 Å². The Bertz CT molecular complexity index is 625. The highest BCUT2D eigenvalue weighted by atomic mass is 16.6. The summed E-state index contributed by atoms with van der Waals surface area (Å²) in [6.07, 6.45) is 0. The first kappa shape index (κ1) is 12.4. The fourth-order valence-electron chi connectivity index (χ4n) is 2.37. The lowest BCUT2D eigenvalue weighted by Gasteiger charge is -2.34. The number of carbonyl (C=O) groups excluding carboxylic acids is 2. The second-order valence-corrected chi connectivity index (χ2v) is 4.57. The predicted molar refractivity (Wildman–Crippen MR) is 74.1 cm³/mol. The Labute approximate surface area is 116 Å². The van der Waals surface area contributed by atoms with Crippen LogP contribution in [-0.4, -0.2) is 18.5 Å². The molecule has 20 heavy (non-hydrogen) atoms. The van der Waals surface area contributed by atoms with E-state index >= 15 is 0 Å². The van der Waals surface area contributed by atoms with E-state index in [0.717, 1.165) is 11.3 Å². The standard InChI is InChI=1S/C16H13NO3/c18-14-11-17(13-9-5-2-6-10-13)15(16(19)20-14)12-7-3-1-4-8-12/h1-10,15H,11H2. The lowest BCUT2D eigenvalue weighted by atomic mass is 10.0. The van der Waals surface area contributed by atoms with Gasteiger partial charge in [0.2, 0.25) is 0 Å². The molecule has 0 N–H and O–H groups in total. The van der Waals surface area contributed by atoms with Crippen molar-refractivity contribution in [2.45, 2.75) is 6.04 Å². The summed E-state index contributed by atoms with van der Waals surface area (Å²) in [5, 5.41) is 0. The van der Waals surface area contributed by atoms with E-state index in [9.17, 15) is 9.59 Å². The largest absolute Gasteiger partial charge is 0.390 e. The summed E-state index contributed by atoms with van der Waals surface area (Å²) in [6, 6.07) is 18.1. The predicted octanol–water partition coefficient (Wildman–Crippen LogP) is 2.32. The molecule has 3 rings (SSSR count). The van der Waals surface area contributed by atoms with E-state index in [1.165, 1.54) is 0 Å². The average Bonchev–Trinajstić information content (AvgIpc) is 2.48. The van der Waals surface area contributed by atoms with Gasteiger partial charge in [0.15, 0.2) is 6.04 Å². The third kappa shape index (κ3) is 2.28. The number of rotatable bonds is 2. The Balaban J connectivity index is 2.03. The van der Waals surface area contributed by atoms with Gasteiger partial charge in [0.1, 0.15) is 6.54 Å². The molecule has 0 bridgehead atoms. The van der Waals surface area contributed by atoms with E-state index in [-0.39, 0.29) is 6.54 Å². The van der Waals surface area contributed by atoms with Crippen LogP contribution in [0.1, 0.15) is 11.6 Å². The molecule has 4 nitrogen and oxygen atoms in total. The Kier molecular flexibility index (Phi) is 3.21. The fourth-order valence-corrected chi connectivity index (χ4v) is 2.37. The van der Waals surface area contributed by atoms with Crippen molar-refractivity contribution in [3.63, 3.8) is 0 Å². The molecular weight excluding hydrogens is 254 g/mol. The summed E-state index contributed by atoms with van der Waals surface area (Å²) >= 11 is 0. The highest BCUT2D eigenvalue weighted by Crippen LogP contribution is 2.30. The molecule has 0 amide bonds. The van der Waals surface area contributed by atoms with E-state index in [2.05, 4.69) is 0 Å². The maximum atomic E-state index is 12.1. The third-order valence-corrected chi connectivity index (χ3v) is 3.25. The zero-order valence-corrected chi connectivity index (χ0v) is 10.7. The number of hydrogen-bond donors (Lipinski definition) is 0. The Morgan fingerprint density at radius 2 is 1.50 bits per heavy atom. The van der Waals surface area contributed by atoms with Gasteiger partial charge in [-0.15, -0.1) is 0 Å². The maximum Gasteiger partial charge on any atom is 0.341 e. The van der Waals surface area contributed by atoms with Crippen LogP contribution in [0.4, 0.5) is 5.69 Å². The normalized spacial score (nSPS) is 18.8. The number of nitrogens with zero attached hydrogens (tertiary/aromatic N) is 1. The van der Waals surface area contributed by atoms with Crippen LogP contribution in [0.15, 0.2) is 60.7 Å². The molecule has 100 valence electrons. The molecule has 4 heteroatoms. The minimum atomic E-state index is -0.587. The molecule has 1 unspecified atom stereocenters. The first-order valence-corrected chi connectivity index (χ1v) is 6.37. The first-order chi connectivity index (χ1) is 9.75. The molecule has 2 aromatic rings. The summed E-state index contributed by atoms with van der Waals surface area (Å²) in [7, 11) is 0. The van der Waals surface area contributed by atoms with Gasteiger partial charge >= 0.3 is 11.9 Å². The van der Waals surface area contributed by atoms with Gasteiger partial charge in [-0.3, -0.25) is 0 Å². The highest BCUT2D eigenvalue weighted by Gasteiger charge is 2.37. The summed E-state index contributed by atoms with van der Waals surface area (Å²) in [5.41, 5.74) is 1.64. The number of esters is 2. The lowest BCUT2D eigenvalue weighted by Crippen LogP contribution is -2.45. The van der Waals surface area contributed by atoms with Crippen LogP contribution >= 0.6 is 0 Å². The number of para-hydroxylation sites is 1. The Morgan fingerprint density at radius 1 is 0.900 bits per heavy atom. The van der Waals surface area contributed by atoms with Crippen molar-refractivity contribution < 1.29 is 14.3 Å². The summed E-state index contributed by atoms with van der Waals surface area (Å²) in [5.74, 6) is -1.05. The van der Waals surface area contributed by atoms with Gasteiger partial charge < -0.3 is 9.64 Å². The monoisotopic (exact) mass is 267 g/mol. The molecule has 0 saturated carbocycles. The molecule has 0 spiro atoms. The molecule has 1 heterocycles. The van der Waals surface area contributed by atoms with Crippen LogP contribution < -0.4 is 4.90 Å². The molecule has 0 radical (unpaired) electrons. The van der Waals surface area contributed by atoms with Crippen molar-refractivity contribution in [3.8, 4) is 0 Å². The molecule has 1 fully saturated rings. The van der Waals surface area contributed by atoms with Gasteiger partial charge in [0, 0.05) is 5.69 Å². The smallest absolute Gasteiger partial charge is 0.341 e. The molecule has 1 aliphatic heterocycles. The second-order valence-electron chi connectivity index (χ2n) is 4.57. The molecule has 1 aliphatic rings. The van der Waals surface area contributed by atoms with Crippen molar-refractivity contribution in [2.75, 3.05) is 11.4 Å².